The van der Waals surface area contributed by atoms with Crippen molar-refractivity contribution in [3.05, 3.63) is 53.6 Å². The van der Waals surface area contributed by atoms with E-state index in [1.165, 1.54) is 31.2 Å². The summed E-state index contributed by atoms with van der Waals surface area (Å²) in [6.45, 7) is 1.39. The van der Waals surface area contributed by atoms with Gasteiger partial charge < -0.3 is 5.11 Å². The fourth-order valence-electron chi connectivity index (χ4n) is 1.59. The standard InChI is InChI=1S/C13H11F2NO3S/c1-8-5-6-11(14)13(12(8)15)16-20(18,19)10-4-2-3-9(17)7-10/h2-7,16-17H,1H3. The summed E-state index contributed by atoms with van der Waals surface area (Å²) in [5.74, 6) is -2.26. The maximum atomic E-state index is 13.8. The molecule has 2 N–H and O–H groups in total. The fourth-order valence-corrected chi connectivity index (χ4v) is 2.70. The van der Waals surface area contributed by atoms with Crippen LogP contribution >= 0.6 is 0 Å². The summed E-state index contributed by atoms with van der Waals surface area (Å²) in [4.78, 5) is -0.294. The highest BCUT2D eigenvalue weighted by Crippen LogP contribution is 2.25. The van der Waals surface area contributed by atoms with Crippen molar-refractivity contribution in [2.75, 3.05) is 4.72 Å². The van der Waals surface area contributed by atoms with E-state index in [1.807, 2.05) is 4.72 Å². The van der Waals surface area contributed by atoms with Crippen LogP contribution in [-0.2, 0) is 10.0 Å². The van der Waals surface area contributed by atoms with E-state index in [2.05, 4.69) is 0 Å². The fraction of sp³-hybridized carbons (Fsp3) is 0.0769. The summed E-state index contributed by atoms with van der Waals surface area (Å²) in [5.41, 5.74) is -0.631. The summed E-state index contributed by atoms with van der Waals surface area (Å²) in [6.07, 6.45) is 0. The maximum Gasteiger partial charge on any atom is 0.262 e. The summed E-state index contributed by atoms with van der Waals surface area (Å²) in [5, 5.41) is 9.26. The number of hydrogen-bond acceptors (Lipinski definition) is 3. The van der Waals surface area contributed by atoms with Crippen LogP contribution in [0.15, 0.2) is 41.3 Å². The number of aryl methyl sites for hydroxylation is 1. The average Bonchev–Trinajstić information content (AvgIpc) is 2.39. The molecule has 0 aliphatic rings. The second-order valence-electron chi connectivity index (χ2n) is 4.16. The van der Waals surface area contributed by atoms with Crippen LogP contribution in [0.25, 0.3) is 0 Å². The van der Waals surface area contributed by atoms with Crippen LogP contribution in [0.3, 0.4) is 0 Å². The molecule has 0 bridgehead atoms. The highest BCUT2D eigenvalue weighted by atomic mass is 32.2. The molecule has 0 atom stereocenters. The molecule has 0 aliphatic carbocycles. The van der Waals surface area contributed by atoms with Crippen molar-refractivity contribution in [2.45, 2.75) is 11.8 Å². The zero-order valence-electron chi connectivity index (χ0n) is 10.4. The van der Waals surface area contributed by atoms with Crippen molar-refractivity contribution in [1.29, 1.82) is 0 Å². The summed E-state index contributed by atoms with van der Waals surface area (Å²) in [7, 11) is -4.19. The molecule has 0 saturated carbocycles. The van der Waals surface area contributed by atoms with E-state index in [1.54, 1.807) is 0 Å². The molecule has 2 aromatic rings. The second-order valence-corrected chi connectivity index (χ2v) is 5.84. The van der Waals surface area contributed by atoms with E-state index in [0.717, 1.165) is 12.1 Å². The van der Waals surface area contributed by atoms with Crippen molar-refractivity contribution in [3.8, 4) is 5.75 Å². The predicted molar refractivity (Wildman–Crippen MR) is 70.0 cm³/mol. The number of phenols is 1. The van der Waals surface area contributed by atoms with Crippen LogP contribution in [-0.4, -0.2) is 13.5 Å². The second kappa shape index (κ2) is 5.09. The maximum absolute atomic E-state index is 13.8. The summed E-state index contributed by atoms with van der Waals surface area (Å²) < 4.78 is 53.2. The Kier molecular flexibility index (Phi) is 3.63. The highest BCUT2D eigenvalue weighted by Gasteiger charge is 2.20. The molecule has 2 aromatic carbocycles. The Morgan fingerprint density at radius 3 is 2.50 bits per heavy atom. The van der Waals surface area contributed by atoms with Crippen molar-refractivity contribution < 1.29 is 22.3 Å². The molecule has 0 saturated heterocycles. The minimum atomic E-state index is -4.19. The number of benzene rings is 2. The van der Waals surface area contributed by atoms with Crippen LogP contribution in [0.1, 0.15) is 5.56 Å². The molecule has 0 heterocycles. The normalized spacial score (nSPS) is 11.3. The van der Waals surface area contributed by atoms with E-state index in [9.17, 15) is 22.3 Å². The summed E-state index contributed by atoms with van der Waals surface area (Å²) >= 11 is 0. The van der Waals surface area contributed by atoms with E-state index in [-0.39, 0.29) is 16.2 Å². The molecular weight excluding hydrogens is 288 g/mol. The number of hydrogen-bond donors (Lipinski definition) is 2. The highest BCUT2D eigenvalue weighted by molar-refractivity contribution is 7.92. The number of nitrogens with one attached hydrogen (secondary N) is 1. The molecule has 0 amide bonds. The van der Waals surface area contributed by atoms with Crippen LogP contribution in [0, 0.1) is 18.6 Å². The van der Waals surface area contributed by atoms with E-state index in [4.69, 9.17) is 0 Å². The van der Waals surface area contributed by atoms with Crippen LogP contribution in [0.4, 0.5) is 14.5 Å². The number of halogens is 2. The van der Waals surface area contributed by atoms with Gasteiger partial charge in [-0.3, -0.25) is 4.72 Å². The quantitative estimate of drug-likeness (QED) is 0.916. The van der Waals surface area contributed by atoms with Gasteiger partial charge in [0.1, 0.15) is 17.3 Å². The van der Waals surface area contributed by atoms with Gasteiger partial charge in [-0.1, -0.05) is 12.1 Å². The molecule has 4 nitrogen and oxygen atoms in total. The number of aromatic hydroxyl groups is 1. The van der Waals surface area contributed by atoms with Crippen LogP contribution < -0.4 is 4.72 Å². The molecular formula is C13H11F2NO3S. The number of phenolic OH excluding ortho intramolecular Hbond substituents is 1. The Bertz CT molecular complexity index is 760. The van der Waals surface area contributed by atoms with Gasteiger partial charge in [0.15, 0.2) is 5.82 Å². The summed E-state index contributed by atoms with van der Waals surface area (Å²) in [6, 6.07) is 6.96. The van der Waals surface area contributed by atoms with E-state index < -0.39 is 27.3 Å². The van der Waals surface area contributed by atoms with Gasteiger partial charge in [0.05, 0.1) is 4.90 Å². The van der Waals surface area contributed by atoms with Gasteiger partial charge in [0.2, 0.25) is 0 Å². The molecule has 106 valence electrons. The molecule has 0 radical (unpaired) electrons. The third kappa shape index (κ3) is 2.72. The van der Waals surface area contributed by atoms with Crippen LogP contribution in [0.5, 0.6) is 5.75 Å². The Hall–Kier alpha value is -2.15. The first-order valence-corrected chi connectivity index (χ1v) is 7.06. The molecule has 20 heavy (non-hydrogen) atoms. The topological polar surface area (TPSA) is 66.4 Å². The number of anilines is 1. The van der Waals surface area contributed by atoms with Gasteiger partial charge in [0.25, 0.3) is 10.0 Å². The minimum absolute atomic E-state index is 0.111. The molecule has 0 aliphatic heterocycles. The van der Waals surface area contributed by atoms with Crippen molar-refractivity contribution >= 4 is 15.7 Å². The Morgan fingerprint density at radius 2 is 1.85 bits per heavy atom. The molecule has 0 spiro atoms. The first kappa shape index (κ1) is 14.3. The van der Waals surface area contributed by atoms with Gasteiger partial charge in [-0.25, -0.2) is 17.2 Å². The lowest BCUT2D eigenvalue weighted by Crippen LogP contribution is -2.15. The third-order valence-electron chi connectivity index (χ3n) is 2.65. The van der Waals surface area contributed by atoms with Crippen molar-refractivity contribution in [2.24, 2.45) is 0 Å². The Balaban J connectivity index is 2.47. The van der Waals surface area contributed by atoms with E-state index in [0.29, 0.717) is 0 Å². The Labute approximate surface area is 114 Å². The zero-order valence-corrected chi connectivity index (χ0v) is 11.2. The lowest BCUT2D eigenvalue weighted by molar-refractivity contribution is 0.473. The monoisotopic (exact) mass is 299 g/mol. The van der Waals surface area contributed by atoms with E-state index >= 15 is 0 Å². The van der Waals surface area contributed by atoms with Crippen LogP contribution in [0.2, 0.25) is 0 Å². The Morgan fingerprint density at radius 1 is 1.15 bits per heavy atom. The van der Waals surface area contributed by atoms with Gasteiger partial charge in [0, 0.05) is 6.07 Å². The first-order valence-electron chi connectivity index (χ1n) is 5.58. The smallest absolute Gasteiger partial charge is 0.262 e. The van der Waals surface area contributed by atoms with Gasteiger partial charge in [-0.2, -0.15) is 0 Å². The lowest BCUT2D eigenvalue weighted by Gasteiger charge is -2.11. The SMILES string of the molecule is Cc1ccc(F)c(NS(=O)(=O)c2cccc(O)c2)c1F. The first-order chi connectivity index (χ1) is 9.31. The average molecular weight is 299 g/mol. The molecule has 7 heteroatoms. The molecule has 0 unspecified atom stereocenters. The minimum Gasteiger partial charge on any atom is -0.508 e. The molecule has 0 aromatic heterocycles. The van der Waals surface area contributed by atoms with Gasteiger partial charge in [-0.05, 0) is 30.7 Å². The number of rotatable bonds is 3. The lowest BCUT2D eigenvalue weighted by atomic mass is 10.2. The van der Waals surface area contributed by atoms with Crippen molar-refractivity contribution in [3.63, 3.8) is 0 Å². The third-order valence-corrected chi connectivity index (χ3v) is 4.00. The zero-order chi connectivity index (χ0) is 14.9. The van der Waals surface area contributed by atoms with Gasteiger partial charge >= 0.3 is 0 Å². The number of sulfonamides is 1. The van der Waals surface area contributed by atoms with Gasteiger partial charge in [-0.15, -0.1) is 0 Å². The molecule has 0 fully saturated rings. The largest absolute Gasteiger partial charge is 0.508 e. The van der Waals surface area contributed by atoms with Crippen molar-refractivity contribution in [1.82, 2.24) is 0 Å². The predicted octanol–water partition coefficient (Wildman–Crippen LogP) is 2.78. The molecule has 2 rings (SSSR count).